The summed E-state index contributed by atoms with van der Waals surface area (Å²) in [4.78, 5) is 21.7. The smallest absolute Gasteiger partial charge is 0.321 e. The third kappa shape index (κ3) is 3.99. The number of nitrogens with one attached hydrogen (secondary N) is 1. The van der Waals surface area contributed by atoms with Gasteiger partial charge in [0.05, 0.1) is 27.7 Å². The van der Waals surface area contributed by atoms with Gasteiger partial charge in [0, 0.05) is 13.1 Å². The van der Waals surface area contributed by atoms with Crippen LogP contribution in [-0.4, -0.2) is 47.2 Å². The highest BCUT2D eigenvalue weighted by atomic mass is 32.2. The monoisotopic (exact) mass is 406 g/mol. The second-order valence-corrected chi connectivity index (χ2v) is 9.91. The van der Waals surface area contributed by atoms with Gasteiger partial charge < -0.3 is 10.2 Å². The molecule has 9 heteroatoms. The van der Waals surface area contributed by atoms with Crippen LogP contribution in [0.25, 0.3) is 0 Å². The van der Waals surface area contributed by atoms with E-state index < -0.39 is 20.4 Å². The highest BCUT2D eigenvalue weighted by Crippen LogP contribution is 2.38. The SMILES string of the molecule is CC(C)(C1CCN(C(=O)Nc2cncnc2)CC1)S(=O)(=O)c1cccc(F)c1. The predicted octanol–water partition coefficient (Wildman–Crippen LogP) is 3.11. The van der Waals surface area contributed by atoms with Gasteiger partial charge in [0.15, 0.2) is 9.84 Å². The van der Waals surface area contributed by atoms with Gasteiger partial charge in [-0.05, 0) is 50.8 Å². The van der Waals surface area contributed by atoms with Crippen LogP contribution in [-0.2, 0) is 9.84 Å². The summed E-state index contributed by atoms with van der Waals surface area (Å²) in [6, 6.07) is 4.84. The van der Waals surface area contributed by atoms with E-state index in [4.69, 9.17) is 0 Å². The number of aromatic nitrogens is 2. The van der Waals surface area contributed by atoms with Gasteiger partial charge in [-0.15, -0.1) is 0 Å². The maximum atomic E-state index is 13.5. The van der Waals surface area contributed by atoms with Crippen molar-refractivity contribution in [3.05, 3.63) is 48.8 Å². The van der Waals surface area contributed by atoms with Crippen molar-refractivity contribution in [2.75, 3.05) is 18.4 Å². The lowest BCUT2D eigenvalue weighted by atomic mass is 9.86. The van der Waals surface area contributed by atoms with Gasteiger partial charge in [-0.25, -0.2) is 27.6 Å². The molecule has 1 fully saturated rings. The Balaban J connectivity index is 1.67. The van der Waals surface area contributed by atoms with Gasteiger partial charge in [-0.3, -0.25) is 0 Å². The summed E-state index contributed by atoms with van der Waals surface area (Å²) < 4.78 is 38.6. The molecule has 1 saturated heterocycles. The molecule has 1 aliphatic rings. The zero-order chi connectivity index (χ0) is 20.4. The van der Waals surface area contributed by atoms with Crippen molar-refractivity contribution in [3.63, 3.8) is 0 Å². The number of sulfone groups is 1. The quantitative estimate of drug-likeness (QED) is 0.842. The summed E-state index contributed by atoms with van der Waals surface area (Å²) in [6.45, 7) is 4.22. The fourth-order valence-corrected chi connectivity index (χ4v) is 5.31. The molecule has 2 heterocycles. The van der Waals surface area contributed by atoms with Crippen LogP contribution in [0.15, 0.2) is 47.9 Å². The van der Waals surface area contributed by atoms with Gasteiger partial charge in [0.25, 0.3) is 0 Å². The molecule has 150 valence electrons. The number of carbonyl (C=O) groups excluding carboxylic acids is 1. The summed E-state index contributed by atoms with van der Waals surface area (Å²) in [5, 5.41) is 2.73. The van der Waals surface area contributed by atoms with Crippen LogP contribution in [0.5, 0.6) is 0 Å². The van der Waals surface area contributed by atoms with E-state index in [1.165, 1.54) is 36.9 Å². The first-order chi connectivity index (χ1) is 13.2. The molecule has 28 heavy (non-hydrogen) atoms. The first-order valence-corrected chi connectivity index (χ1v) is 10.5. The van der Waals surface area contributed by atoms with E-state index in [0.717, 1.165) is 6.07 Å². The van der Waals surface area contributed by atoms with Crippen LogP contribution in [0.1, 0.15) is 26.7 Å². The van der Waals surface area contributed by atoms with Crippen LogP contribution < -0.4 is 5.32 Å². The summed E-state index contributed by atoms with van der Waals surface area (Å²) in [5.74, 6) is -0.724. The lowest BCUT2D eigenvalue weighted by Gasteiger charge is -2.40. The molecule has 0 aliphatic carbocycles. The van der Waals surface area contributed by atoms with Crippen molar-refractivity contribution < 1.29 is 17.6 Å². The van der Waals surface area contributed by atoms with Gasteiger partial charge in [0.1, 0.15) is 12.1 Å². The summed E-state index contributed by atoms with van der Waals surface area (Å²) in [5.41, 5.74) is 0.503. The first kappa shape index (κ1) is 20.2. The van der Waals surface area contributed by atoms with Crippen molar-refractivity contribution in [3.8, 4) is 0 Å². The van der Waals surface area contributed by atoms with Gasteiger partial charge in [-0.2, -0.15) is 0 Å². The largest absolute Gasteiger partial charge is 0.325 e. The maximum Gasteiger partial charge on any atom is 0.321 e. The number of urea groups is 1. The number of nitrogens with zero attached hydrogens (tertiary/aromatic N) is 3. The summed E-state index contributed by atoms with van der Waals surface area (Å²) in [6.07, 6.45) is 5.47. The van der Waals surface area contributed by atoms with Crippen molar-refractivity contribution in [2.45, 2.75) is 36.3 Å². The number of piperidine rings is 1. The molecule has 0 bridgehead atoms. The second-order valence-electron chi connectivity index (χ2n) is 7.38. The summed E-state index contributed by atoms with van der Waals surface area (Å²) >= 11 is 0. The van der Waals surface area contributed by atoms with E-state index in [0.29, 0.717) is 31.6 Å². The highest BCUT2D eigenvalue weighted by molar-refractivity contribution is 7.92. The van der Waals surface area contributed by atoms with Gasteiger partial charge in [0.2, 0.25) is 0 Å². The minimum atomic E-state index is -3.72. The van der Waals surface area contributed by atoms with Crippen LogP contribution in [0.2, 0.25) is 0 Å². The highest BCUT2D eigenvalue weighted by Gasteiger charge is 2.44. The third-order valence-electron chi connectivity index (χ3n) is 5.38. The molecule has 1 aliphatic heterocycles. The van der Waals surface area contributed by atoms with E-state index >= 15 is 0 Å². The Kier molecular flexibility index (Phi) is 5.64. The number of amides is 2. The Morgan fingerprint density at radius 2 is 1.86 bits per heavy atom. The lowest BCUT2D eigenvalue weighted by Crippen LogP contribution is -2.48. The van der Waals surface area contributed by atoms with Crippen molar-refractivity contribution in [2.24, 2.45) is 5.92 Å². The molecule has 0 atom stereocenters. The van der Waals surface area contributed by atoms with Crippen LogP contribution in [0.4, 0.5) is 14.9 Å². The first-order valence-electron chi connectivity index (χ1n) is 9.03. The molecule has 1 aromatic heterocycles. The standard InChI is InChI=1S/C19H23FN4O3S/c1-19(2,28(26,27)17-5-3-4-15(20)10-17)14-6-8-24(9-7-14)18(25)23-16-11-21-13-22-12-16/h3-5,10-14H,6-9H2,1-2H3,(H,23,25). The molecular formula is C19H23FN4O3S. The zero-order valence-corrected chi connectivity index (χ0v) is 16.6. The molecule has 1 N–H and O–H groups in total. The van der Waals surface area contributed by atoms with E-state index in [1.807, 2.05) is 0 Å². The Bertz CT molecular complexity index is 943. The number of rotatable bonds is 4. The number of anilines is 1. The normalized spacial score (nSPS) is 16.0. The second kappa shape index (κ2) is 7.83. The van der Waals surface area contributed by atoms with E-state index in [9.17, 15) is 17.6 Å². The Labute approximate surface area is 163 Å². The van der Waals surface area contributed by atoms with Crippen molar-refractivity contribution in [1.82, 2.24) is 14.9 Å². The minimum Gasteiger partial charge on any atom is -0.325 e. The Hall–Kier alpha value is -2.55. The molecule has 7 nitrogen and oxygen atoms in total. The number of halogens is 1. The van der Waals surface area contributed by atoms with Crippen LogP contribution in [0, 0.1) is 11.7 Å². The zero-order valence-electron chi connectivity index (χ0n) is 15.8. The van der Waals surface area contributed by atoms with E-state index in [1.54, 1.807) is 18.7 Å². The lowest BCUT2D eigenvalue weighted by molar-refractivity contribution is 0.171. The average Bonchev–Trinajstić information content (AvgIpc) is 2.68. The Morgan fingerprint density at radius 1 is 1.21 bits per heavy atom. The molecule has 0 unspecified atom stereocenters. The maximum absolute atomic E-state index is 13.5. The fraction of sp³-hybridized carbons (Fsp3) is 0.421. The topological polar surface area (TPSA) is 92.3 Å². The van der Waals surface area contributed by atoms with E-state index in [2.05, 4.69) is 15.3 Å². The number of likely N-dealkylation sites (tertiary alicyclic amines) is 1. The van der Waals surface area contributed by atoms with Gasteiger partial charge >= 0.3 is 6.03 Å². The average molecular weight is 406 g/mol. The third-order valence-corrected chi connectivity index (χ3v) is 7.97. The predicted molar refractivity (Wildman–Crippen MR) is 103 cm³/mol. The summed E-state index contributed by atoms with van der Waals surface area (Å²) in [7, 11) is -3.72. The van der Waals surface area contributed by atoms with E-state index in [-0.39, 0.29) is 16.8 Å². The van der Waals surface area contributed by atoms with Gasteiger partial charge in [-0.1, -0.05) is 6.07 Å². The molecule has 0 spiro atoms. The molecular weight excluding hydrogens is 383 g/mol. The molecule has 0 radical (unpaired) electrons. The molecule has 2 aromatic rings. The van der Waals surface area contributed by atoms with Crippen molar-refractivity contribution in [1.29, 1.82) is 0 Å². The fourth-order valence-electron chi connectivity index (χ4n) is 3.50. The number of benzene rings is 1. The minimum absolute atomic E-state index is 0.0123. The molecule has 2 amide bonds. The molecule has 0 saturated carbocycles. The molecule has 1 aromatic carbocycles. The van der Waals surface area contributed by atoms with Crippen molar-refractivity contribution >= 4 is 21.6 Å². The Morgan fingerprint density at radius 3 is 2.46 bits per heavy atom. The van der Waals surface area contributed by atoms with Crippen LogP contribution in [0.3, 0.4) is 0 Å². The number of hydrogen-bond donors (Lipinski definition) is 1. The molecule has 3 rings (SSSR count). The number of carbonyl (C=O) groups is 1. The number of hydrogen-bond acceptors (Lipinski definition) is 5. The van der Waals surface area contributed by atoms with Crippen LogP contribution >= 0.6 is 0 Å².